The molecule has 1 fully saturated rings. The van der Waals surface area contributed by atoms with Crippen molar-refractivity contribution in [1.82, 2.24) is 5.32 Å². The maximum absolute atomic E-state index is 12.0. The van der Waals surface area contributed by atoms with E-state index in [0.29, 0.717) is 0 Å². The van der Waals surface area contributed by atoms with Gasteiger partial charge in [0.25, 0.3) is 0 Å². The van der Waals surface area contributed by atoms with Crippen LogP contribution >= 0.6 is 0 Å². The van der Waals surface area contributed by atoms with Crippen molar-refractivity contribution < 1.29 is 9.59 Å². The highest BCUT2D eigenvalue weighted by Gasteiger charge is 2.46. The molecule has 1 heterocycles. The number of benzene rings is 1. The second kappa shape index (κ2) is 5.23. The maximum atomic E-state index is 12.0. The zero-order valence-electron chi connectivity index (χ0n) is 11.6. The van der Waals surface area contributed by atoms with Crippen LogP contribution in [-0.4, -0.2) is 11.8 Å². The summed E-state index contributed by atoms with van der Waals surface area (Å²) >= 11 is 0. The molecule has 0 spiro atoms. The summed E-state index contributed by atoms with van der Waals surface area (Å²) in [6.07, 6.45) is 4.79. The summed E-state index contributed by atoms with van der Waals surface area (Å²) < 4.78 is 0. The Labute approximate surface area is 119 Å². The molecule has 0 radical (unpaired) electrons. The summed E-state index contributed by atoms with van der Waals surface area (Å²) in [6.45, 7) is 2.06. The van der Waals surface area contributed by atoms with Gasteiger partial charge in [-0.15, -0.1) is 0 Å². The van der Waals surface area contributed by atoms with E-state index in [9.17, 15) is 9.59 Å². The normalized spacial score (nSPS) is 28.9. The van der Waals surface area contributed by atoms with E-state index in [1.54, 1.807) is 0 Å². The van der Waals surface area contributed by atoms with E-state index < -0.39 is 0 Å². The fraction of sp³-hybridized carbons (Fsp3) is 0.412. The van der Waals surface area contributed by atoms with Crippen molar-refractivity contribution in [1.29, 1.82) is 0 Å². The van der Waals surface area contributed by atoms with E-state index in [1.807, 2.05) is 18.2 Å². The lowest BCUT2D eigenvalue weighted by Gasteiger charge is -2.28. The second-order valence-electron chi connectivity index (χ2n) is 5.89. The summed E-state index contributed by atoms with van der Waals surface area (Å²) in [5.74, 6) is -0.289. The number of hydrogen-bond donors (Lipinski definition) is 1. The first-order chi connectivity index (χ1) is 9.65. The number of carbonyl (C=O) groups excluding carboxylic acids is 2. The van der Waals surface area contributed by atoms with Gasteiger partial charge in [-0.1, -0.05) is 42.0 Å². The molecule has 3 atom stereocenters. The second-order valence-corrected chi connectivity index (χ2v) is 5.89. The Kier molecular flexibility index (Phi) is 3.43. The third-order valence-corrected chi connectivity index (χ3v) is 4.43. The molecular formula is C17H19NO2. The predicted molar refractivity (Wildman–Crippen MR) is 76.8 cm³/mol. The number of imide groups is 1. The highest BCUT2D eigenvalue weighted by atomic mass is 16.2. The van der Waals surface area contributed by atoms with Crippen LogP contribution in [0.4, 0.5) is 0 Å². The monoisotopic (exact) mass is 269 g/mol. The fourth-order valence-corrected chi connectivity index (χ4v) is 3.48. The van der Waals surface area contributed by atoms with Gasteiger partial charge in [0.1, 0.15) is 0 Å². The first kappa shape index (κ1) is 13.1. The van der Waals surface area contributed by atoms with Crippen LogP contribution in [0.3, 0.4) is 0 Å². The van der Waals surface area contributed by atoms with Gasteiger partial charge in [-0.2, -0.15) is 0 Å². The summed E-state index contributed by atoms with van der Waals surface area (Å²) in [7, 11) is 0. The minimum atomic E-state index is -0.157. The molecule has 1 saturated heterocycles. The van der Waals surface area contributed by atoms with Crippen LogP contribution in [0.1, 0.15) is 25.3 Å². The van der Waals surface area contributed by atoms with Crippen molar-refractivity contribution in [3.63, 3.8) is 0 Å². The highest BCUT2D eigenvalue weighted by Crippen LogP contribution is 2.39. The molecule has 0 aromatic heterocycles. The van der Waals surface area contributed by atoms with Crippen LogP contribution in [0.5, 0.6) is 0 Å². The number of hydrogen-bond acceptors (Lipinski definition) is 2. The fourth-order valence-electron chi connectivity index (χ4n) is 3.48. The Morgan fingerprint density at radius 1 is 1.15 bits per heavy atom. The minimum Gasteiger partial charge on any atom is -0.296 e. The smallest absolute Gasteiger partial charge is 0.231 e. The van der Waals surface area contributed by atoms with Gasteiger partial charge in [0, 0.05) is 0 Å². The number of fused-ring (bicyclic) bond motifs is 1. The maximum Gasteiger partial charge on any atom is 0.231 e. The standard InChI is InChI=1S/C17H19NO2/c1-11-9-13(8-7-12-5-3-2-4-6-12)15-14(10-11)16(19)18-17(15)20/h2-6,9,13-15H,7-8,10H2,1H3,(H,18,19,20)/t13-,14+,15-/m1/s1. The summed E-state index contributed by atoms with van der Waals surface area (Å²) in [5.41, 5.74) is 2.51. The molecule has 0 saturated carbocycles. The van der Waals surface area contributed by atoms with Gasteiger partial charge >= 0.3 is 0 Å². The van der Waals surface area contributed by atoms with Crippen LogP contribution < -0.4 is 5.32 Å². The molecule has 1 N–H and O–H groups in total. The molecular weight excluding hydrogens is 250 g/mol. The van der Waals surface area contributed by atoms with Crippen molar-refractivity contribution in [3.8, 4) is 0 Å². The van der Waals surface area contributed by atoms with Crippen LogP contribution in [0.15, 0.2) is 42.0 Å². The molecule has 0 unspecified atom stereocenters. The van der Waals surface area contributed by atoms with E-state index in [2.05, 4.69) is 30.4 Å². The van der Waals surface area contributed by atoms with Gasteiger partial charge in [0.2, 0.25) is 11.8 Å². The van der Waals surface area contributed by atoms with Crippen molar-refractivity contribution in [3.05, 3.63) is 47.5 Å². The van der Waals surface area contributed by atoms with E-state index in [0.717, 1.165) is 19.3 Å². The molecule has 3 nitrogen and oxygen atoms in total. The van der Waals surface area contributed by atoms with Crippen LogP contribution in [0.25, 0.3) is 0 Å². The lowest BCUT2D eigenvalue weighted by atomic mass is 9.73. The average molecular weight is 269 g/mol. The number of carbonyl (C=O) groups is 2. The SMILES string of the molecule is CC1=C[C@@H](CCc2ccccc2)[C@H]2C(=O)NC(=O)[C@H]2C1. The molecule has 104 valence electrons. The molecule has 3 heteroatoms. The summed E-state index contributed by atoms with van der Waals surface area (Å²) in [5, 5.41) is 2.50. The van der Waals surface area contributed by atoms with Crippen molar-refractivity contribution >= 4 is 11.8 Å². The molecule has 1 aliphatic heterocycles. The lowest BCUT2D eigenvalue weighted by Crippen LogP contribution is -2.30. The zero-order valence-corrected chi connectivity index (χ0v) is 11.6. The van der Waals surface area contributed by atoms with Crippen LogP contribution in [0.2, 0.25) is 0 Å². The number of rotatable bonds is 3. The Hall–Kier alpha value is -1.90. The zero-order chi connectivity index (χ0) is 14.1. The van der Waals surface area contributed by atoms with Crippen LogP contribution in [0, 0.1) is 17.8 Å². The van der Waals surface area contributed by atoms with E-state index in [4.69, 9.17) is 0 Å². The van der Waals surface area contributed by atoms with Gasteiger partial charge in [0.15, 0.2) is 0 Å². The molecule has 1 aliphatic carbocycles. The topological polar surface area (TPSA) is 46.2 Å². The lowest BCUT2D eigenvalue weighted by molar-refractivity contribution is -0.126. The first-order valence-electron chi connectivity index (χ1n) is 7.21. The molecule has 2 amide bonds. The number of nitrogens with one attached hydrogen (secondary N) is 1. The quantitative estimate of drug-likeness (QED) is 0.677. The average Bonchev–Trinajstić information content (AvgIpc) is 2.72. The summed E-state index contributed by atoms with van der Waals surface area (Å²) in [6, 6.07) is 10.3. The Bertz CT molecular complexity index is 562. The molecule has 0 bridgehead atoms. The summed E-state index contributed by atoms with van der Waals surface area (Å²) in [4.78, 5) is 23.8. The molecule has 1 aromatic rings. The van der Waals surface area contributed by atoms with Gasteiger partial charge in [-0.25, -0.2) is 0 Å². The number of aryl methyl sites for hydroxylation is 1. The van der Waals surface area contributed by atoms with E-state index in [-0.39, 0.29) is 29.6 Å². The minimum absolute atomic E-state index is 0.0817. The van der Waals surface area contributed by atoms with Gasteiger partial charge in [-0.05, 0) is 37.7 Å². The first-order valence-corrected chi connectivity index (χ1v) is 7.21. The largest absolute Gasteiger partial charge is 0.296 e. The van der Waals surface area contributed by atoms with E-state index >= 15 is 0 Å². The van der Waals surface area contributed by atoms with Crippen LogP contribution in [-0.2, 0) is 16.0 Å². The van der Waals surface area contributed by atoms with E-state index in [1.165, 1.54) is 11.1 Å². The number of allylic oxidation sites excluding steroid dienone is 2. The van der Waals surface area contributed by atoms with Gasteiger partial charge in [-0.3, -0.25) is 14.9 Å². The third kappa shape index (κ3) is 2.40. The molecule has 1 aromatic carbocycles. The highest BCUT2D eigenvalue weighted by molar-refractivity contribution is 6.05. The van der Waals surface area contributed by atoms with Crippen molar-refractivity contribution in [2.24, 2.45) is 17.8 Å². The molecule has 20 heavy (non-hydrogen) atoms. The third-order valence-electron chi connectivity index (χ3n) is 4.43. The number of amides is 2. The Balaban J connectivity index is 1.76. The van der Waals surface area contributed by atoms with Crippen molar-refractivity contribution in [2.75, 3.05) is 0 Å². The van der Waals surface area contributed by atoms with Gasteiger partial charge in [0.05, 0.1) is 11.8 Å². The predicted octanol–water partition coefficient (Wildman–Crippen LogP) is 2.47. The molecule has 3 rings (SSSR count). The Morgan fingerprint density at radius 3 is 2.65 bits per heavy atom. The van der Waals surface area contributed by atoms with Crippen molar-refractivity contribution in [2.45, 2.75) is 26.2 Å². The Morgan fingerprint density at radius 2 is 1.90 bits per heavy atom. The van der Waals surface area contributed by atoms with Gasteiger partial charge < -0.3 is 0 Å². The molecule has 2 aliphatic rings.